The average Bonchev–Trinajstić information content (AvgIpc) is 3.11. The molecule has 4 aromatic carbocycles. The second-order valence-electron chi connectivity index (χ2n) is 18.2. The third-order valence-electron chi connectivity index (χ3n) is 9.49. The summed E-state index contributed by atoms with van der Waals surface area (Å²) in [5.74, 6) is 5.16. The fraction of sp³-hybridized carbons (Fsp3) is 0.500. The van der Waals surface area contributed by atoms with Crippen molar-refractivity contribution < 1.29 is 37.9 Å². The van der Waals surface area contributed by atoms with Gasteiger partial charge in [-0.3, -0.25) is 0 Å². The lowest BCUT2D eigenvalue weighted by atomic mass is 9.72. The fourth-order valence-corrected chi connectivity index (χ4v) is 7.77. The van der Waals surface area contributed by atoms with E-state index in [1.165, 1.54) is 11.1 Å². The Balaban J connectivity index is 1.36. The van der Waals surface area contributed by atoms with Crippen LogP contribution in [-0.2, 0) is 10.8 Å². The number of benzene rings is 4. The molecule has 8 nitrogen and oxygen atoms in total. The lowest BCUT2D eigenvalue weighted by molar-refractivity contribution is 0.171. The van der Waals surface area contributed by atoms with Gasteiger partial charge >= 0.3 is 0 Å². The lowest BCUT2D eigenvalue weighted by Crippen LogP contribution is -2.25. The molecule has 0 spiro atoms. The first-order valence-corrected chi connectivity index (χ1v) is 20.0. The molecular formula is C48H64O8. The van der Waals surface area contributed by atoms with Crippen molar-refractivity contribution in [2.75, 3.05) is 52.9 Å². The van der Waals surface area contributed by atoms with Gasteiger partial charge in [0, 0.05) is 0 Å². The van der Waals surface area contributed by atoms with Crippen molar-refractivity contribution in [1.29, 1.82) is 0 Å². The van der Waals surface area contributed by atoms with Crippen molar-refractivity contribution in [2.45, 2.75) is 92.9 Å². The molecule has 0 unspecified atom stereocenters. The number of hydrogen-bond acceptors (Lipinski definition) is 8. The largest absolute Gasteiger partial charge is 0.486 e. The molecule has 56 heavy (non-hydrogen) atoms. The van der Waals surface area contributed by atoms with Crippen LogP contribution in [0.15, 0.2) is 84.9 Å². The summed E-state index contributed by atoms with van der Waals surface area (Å²) in [4.78, 5) is 0. The van der Waals surface area contributed by atoms with E-state index in [9.17, 15) is 0 Å². The Bertz CT molecular complexity index is 1710. The van der Waals surface area contributed by atoms with Crippen LogP contribution in [0.5, 0.6) is 46.0 Å². The zero-order chi connectivity index (χ0) is 40.4. The van der Waals surface area contributed by atoms with E-state index in [2.05, 4.69) is 93.5 Å². The minimum atomic E-state index is -0.0717. The molecule has 0 bridgehead atoms. The first kappa shape index (κ1) is 42.4. The van der Waals surface area contributed by atoms with E-state index in [-0.39, 0.29) is 21.7 Å². The van der Waals surface area contributed by atoms with Crippen LogP contribution in [0.1, 0.15) is 93.2 Å². The second-order valence-corrected chi connectivity index (χ2v) is 18.2. The Morgan fingerprint density at radius 2 is 0.554 bits per heavy atom. The molecule has 0 saturated heterocycles. The topological polar surface area (TPSA) is 73.8 Å². The van der Waals surface area contributed by atoms with Crippen LogP contribution in [0, 0.1) is 10.8 Å². The molecule has 0 aliphatic carbocycles. The van der Waals surface area contributed by atoms with Crippen LogP contribution >= 0.6 is 0 Å². The number of fused-ring (bicyclic) bond motifs is 4. The molecule has 5 rings (SSSR count). The lowest BCUT2D eigenvalue weighted by Gasteiger charge is -2.33. The van der Waals surface area contributed by atoms with Crippen molar-refractivity contribution in [3.05, 3.63) is 96.1 Å². The molecule has 1 heterocycles. The molecule has 0 atom stereocenters. The summed E-state index contributed by atoms with van der Waals surface area (Å²) in [5.41, 5.74) is 2.55. The van der Waals surface area contributed by atoms with Crippen LogP contribution in [0.3, 0.4) is 0 Å². The fourth-order valence-electron chi connectivity index (χ4n) is 7.77. The maximum absolute atomic E-state index is 6.37. The molecular weight excluding hydrogens is 705 g/mol. The summed E-state index contributed by atoms with van der Waals surface area (Å²) in [6.45, 7) is 25.2. The summed E-state index contributed by atoms with van der Waals surface area (Å²) in [7, 11) is 0. The van der Waals surface area contributed by atoms with E-state index in [4.69, 9.17) is 37.9 Å². The monoisotopic (exact) mass is 768 g/mol. The van der Waals surface area contributed by atoms with Crippen LogP contribution in [-0.4, -0.2) is 52.9 Å². The van der Waals surface area contributed by atoms with Gasteiger partial charge in [-0.05, 0) is 94.2 Å². The number of ether oxygens (including phenoxy) is 8. The highest BCUT2D eigenvalue weighted by Crippen LogP contribution is 2.41. The van der Waals surface area contributed by atoms with Gasteiger partial charge in [0.2, 0.25) is 0 Å². The molecule has 0 amide bonds. The highest BCUT2D eigenvalue weighted by molar-refractivity contribution is 5.47. The Morgan fingerprint density at radius 1 is 0.321 bits per heavy atom. The first-order valence-electron chi connectivity index (χ1n) is 20.0. The van der Waals surface area contributed by atoms with Crippen molar-refractivity contribution in [2.24, 2.45) is 10.8 Å². The molecule has 0 saturated carbocycles. The highest BCUT2D eigenvalue weighted by atomic mass is 16.6. The molecule has 1 aliphatic rings. The van der Waals surface area contributed by atoms with Crippen LogP contribution in [0.4, 0.5) is 0 Å². The summed E-state index contributed by atoms with van der Waals surface area (Å²) >= 11 is 0. The Labute approximate surface area is 335 Å². The van der Waals surface area contributed by atoms with Gasteiger partial charge in [0.25, 0.3) is 0 Å². The molecule has 304 valence electrons. The van der Waals surface area contributed by atoms with Crippen molar-refractivity contribution in [1.82, 2.24) is 0 Å². The van der Waals surface area contributed by atoms with E-state index in [0.717, 1.165) is 12.8 Å². The first-order chi connectivity index (χ1) is 26.5. The number of para-hydroxylation sites is 4. The van der Waals surface area contributed by atoms with E-state index in [0.29, 0.717) is 98.9 Å². The van der Waals surface area contributed by atoms with Crippen molar-refractivity contribution in [3.8, 4) is 46.0 Å². The summed E-state index contributed by atoms with van der Waals surface area (Å²) in [5, 5.41) is 0. The van der Waals surface area contributed by atoms with Crippen LogP contribution < -0.4 is 37.9 Å². The minimum absolute atomic E-state index is 0.0717. The molecule has 0 radical (unpaired) electrons. The maximum Gasteiger partial charge on any atom is 0.161 e. The molecule has 4 aromatic rings. The van der Waals surface area contributed by atoms with E-state index < -0.39 is 0 Å². The normalized spacial score (nSPS) is 15.3. The Morgan fingerprint density at radius 3 is 0.804 bits per heavy atom. The van der Waals surface area contributed by atoms with Gasteiger partial charge in [-0.15, -0.1) is 0 Å². The van der Waals surface area contributed by atoms with Crippen LogP contribution in [0.2, 0.25) is 0 Å². The summed E-state index contributed by atoms with van der Waals surface area (Å²) in [6.07, 6.45) is 2.02. The zero-order valence-corrected chi connectivity index (χ0v) is 35.4. The van der Waals surface area contributed by atoms with E-state index in [1.54, 1.807) is 0 Å². The van der Waals surface area contributed by atoms with E-state index in [1.807, 2.05) is 60.7 Å². The standard InChI is InChI=1S/C48H64O8/c1-45(2,3)33-47(7,8)35-19-21-41-43(31-35)55-29-27-51-39-17-13-11-15-37(39)50-24-26-54-42-22-20-36(48(9,10)34-46(4,5)6)32-44(42)56-30-28-52-40-18-14-12-16-38(40)49-23-25-53-41/h11-22,31-32H,23-30,33-34H2,1-10H3. The average molecular weight is 769 g/mol. The highest BCUT2D eigenvalue weighted by Gasteiger charge is 2.29. The summed E-state index contributed by atoms with van der Waals surface area (Å²) in [6, 6.07) is 27.8. The molecule has 8 heteroatoms. The third kappa shape index (κ3) is 12.7. The van der Waals surface area contributed by atoms with Gasteiger partial charge < -0.3 is 37.9 Å². The van der Waals surface area contributed by atoms with Gasteiger partial charge in [-0.25, -0.2) is 0 Å². The minimum Gasteiger partial charge on any atom is -0.486 e. The van der Waals surface area contributed by atoms with Gasteiger partial charge in [0.05, 0.1) is 0 Å². The van der Waals surface area contributed by atoms with Gasteiger partial charge in [-0.2, -0.15) is 0 Å². The predicted molar refractivity (Wildman–Crippen MR) is 224 cm³/mol. The Hall–Kier alpha value is -4.72. The second kappa shape index (κ2) is 18.5. The molecule has 0 aromatic heterocycles. The number of rotatable bonds is 4. The maximum atomic E-state index is 6.37. The van der Waals surface area contributed by atoms with Gasteiger partial charge in [-0.1, -0.05) is 106 Å². The molecule has 0 N–H and O–H groups in total. The van der Waals surface area contributed by atoms with E-state index >= 15 is 0 Å². The van der Waals surface area contributed by atoms with Crippen molar-refractivity contribution >= 4 is 0 Å². The summed E-state index contributed by atoms with van der Waals surface area (Å²) < 4.78 is 50.0. The van der Waals surface area contributed by atoms with Crippen LogP contribution in [0.25, 0.3) is 0 Å². The smallest absolute Gasteiger partial charge is 0.161 e. The quantitative estimate of drug-likeness (QED) is 0.203. The Kier molecular flexibility index (Phi) is 14.0. The number of hydrogen-bond donors (Lipinski definition) is 0. The predicted octanol–water partition coefficient (Wildman–Crippen LogP) is 11.3. The zero-order valence-electron chi connectivity index (χ0n) is 35.4. The molecule has 0 fully saturated rings. The van der Waals surface area contributed by atoms with Gasteiger partial charge in [0.15, 0.2) is 46.0 Å². The van der Waals surface area contributed by atoms with Gasteiger partial charge in [0.1, 0.15) is 52.9 Å². The van der Waals surface area contributed by atoms with Crippen molar-refractivity contribution in [3.63, 3.8) is 0 Å². The third-order valence-corrected chi connectivity index (χ3v) is 9.49. The molecule has 1 aliphatic heterocycles. The SMILES string of the molecule is CC(C)(C)CC(C)(C)c1ccc2c(c1)OCCOc1ccccc1OCCOc1ccc(C(C)(C)CC(C)(C)C)cc1OCCOc1ccccc1OCCO2.